The fourth-order valence-corrected chi connectivity index (χ4v) is 2.72. The fraction of sp³-hybridized carbons (Fsp3) is 0.222. The number of carbonyl (C=O) groups excluding carboxylic acids is 2. The number of rotatable bonds is 5. The Bertz CT molecular complexity index is 560. The minimum atomic E-state index is -0.881. The van der Waals surface area contributed by atoms with Gasteiger partial charge in [-0.3, -0.25) is 9.59 Å². The van der Waals surface area contributed by atoms with Crippen molar-refractivity contribution in [2.24, 2.45) is 0 Å². The molecule has 2 rings (SSSR count). The molecule has 20 heavy (non-hydrogen) atoms. The average molecular weight is 266 g/mol. The molecule has 0 spiro atoms. The molecular formula is C18H18O2. The number of hydrogen-bond acceptors (Lipinski definition) is 2. The summed E-state index contributed by atoms with van der Waals surface area (Å²) in [5.74, 6) is -0.00185. The van der Waals surface area contributed by atoms with E-state index in [2.05, 4.69) is 0 Å². The highest BCUT2D eigenvalue weighted by molar-refractivity contribution is 5.96. The van der Waals surface area contributed by atoms with Gasteiger partial charge in [0.05, 0.1) is 5.41 Å². The second-order valence-corrected chi connectivity index (χ2v) is 5.07. The zero-order chi connectivity index (χ0) is 14.6. The molecule has 0 aromatic heterocycles. The molecule has 2 aromatic rings. The highest BCUT2D eigenvalue weighted by atomic mass is 16.1. The first-order valence-electron chi connectivity index (χ1n) is 6.69. The lowest BCUT2D eigenvalue weighted by Crippen LogP contribution is -2.37. The van der Waals surface area contributed by atoms with Crippen molar-refractivity contribution in [1.82, 2.24) is 0 Å². The topological polar surface area (TPSA) is 34.1 Å². The van der Waals surface area contributed by atoms with Gasteiger partial charge in [-0.25, -0.2) is 0 Å². The summed E-state index contributed by atoms with van der Waals surface area (Å²) in [4.78, 5) is 24.2. The Morgan fingerprint density at radius 1 is 0.800 bits per heavy atom. The Kier molecular flexibility index (Phi) is 4.14. The molecule has 0 saturated carbocycles. The van der Waals surface area contributed by atoms with Gasteiger partial charge in [-0.2, -0.15) is 0 Å². The van der Waals surface area contributed by atoms with Crippen LogP contribution in [0.2, 0.25) is 0 Å². The first-order chi connectivity index (χ1) is 9.57. The number of benzene rings is 2. The lowest BCUT2D eigenvalue weighted by atomic mass is 9.68. The van der Waals surface area contributed by atoms with Crippen molar-refractivity contribution in [3.63, 3.8) is 0 Å². The van der Waals surface area contributed by atoms with Gasteiger partial charge in [-0.1, -0.05) is 60.7 Å². The lowest BCUT2D eigenvalue weighted by molar-refractivity contribution is -0.126. The standard InChI is InChI=1S/C18H18O2/c1-14(19)13-18(15(2)20,16-9-5-3-6-10-16)17-11-7-4-8-12-17/h3-12H,13H2,1-2H3. The van der Waals surface area contributed by atoms with Crippen molar-refractivity contribution in [3.05, 3.63) is 71.8 Å². The predicted octanol–water partition coefficient (Wildman–Crippen LogP) is 3.54. The van der Waals surface area contributed by atoms with Crippen molar-refractivity contribution in [3.8, 4) is 0 Å². The number of hydrogen-bond donors (Lipinski definition) is 0. The average Bonchev–Trinajstić information content (AvgIpc) is 2.46. The van der Waals surface area contributed by atoms with Gasteiger partial charge in [-0.05, 0) is 25.0 Å². The first kappa shape index (κ1) is 14.2. The third-order valence-electron chi connectivity index (χ3n) is 3.65. The lowest BCUT2D eigenvalue weighted by Gasteiger charge is -2.31. The smallest absolute Gasteiger partial charge is 0.145 e. The molecule has 0 radical (unpaired) electrons. The maximum absolute atomic E-state index is 12.5. The molecule has 0 bridgehead atoms. The summed E-state index contributed by atoms with van der Waals surface area (Å²) in [5, 5.41) is 0. The van der Waals surface area contributed by atoms with E-state index in [1.165, 1.54) is 6.92 Å². The van der Waals surface area contributed by atoms with Crippen molar-refractivity contribution in [2.45, 2.75) is 25.7 Å². The molecule has 0 aliphatic carbocycles. The van der Waals surface area contributed by atoms with Crippen LogP contribution in [0.15, 0.2) is 60.7 Å². The van der Waals surface area contributed by atoms with Gasteiger partial charge in [-0.15, -0.1) is 0 Å². The van der Waals surface area contributed by atoms with Crippen LogP contribution in [0.4, 0.5) is 0 Å². The van der Waals surface area contributed by atoms with E-state index < -0.39 is 5.41 Å². The zero-order valence-electron chi connectivity index (χ0n) is 11.8. The van der Waals surface area contributed by atoms with Gasteiger partial charge in [0.1, 0.15) is 11.6 Å². The largest absolute Gasteiger partial charge is 0.300 e. The monoisotopic (exact) mass is 266 g/mol. The van der Waals surface area contributed by atoms with Crippen LogP contribution in [-0.2, 0) is 15.0 Å². The molecule has 2 heteroatoms. The van der Waals surface area contributed by atoms with E-state index in [9.17, 15) is 9.59 Å². The summed E-state index contributed by atoms with van der Waals surface area (Å²) in [6.07, 6.45) is 0.191. The van der Waals surface area contributed by atoms with Crippen molar-refractivity contribution in [2.75, 3.05) is 0 Å². The van der Waals surface area contributed by atoms with E-state index in [1.807, 2.05) is 60.7 Å². The maximum atomic E-state index is 12.5. The fourth-order valence-electron chi connectivity index (χ4n) is 2.72. The third kappa shape index (κ3) is 2.55. The van der Waals surface area contributed by atoms with E-state index >= 15 is 0 Å². The molecule has 0 aliphatic rings. The minimum absolute atomic E-state index is 0.00732. The van der Waals surface area contributed by atoms with Crippen molar-refractivity contribution < 1.29 is 9.59 Å². The summed E-state index contributed by atoms with van der Waals surface area (Å²) in [5.41, 5.74) is 0.858. The van der Waals surface area contributed by atoms with Gasteiger partial charge < -0.3 is 0 Å². The van der Waals surface area contributed by atoms with Crippen LogP contribution in [0.5, 0.6) is 0 Å². The molecule has 0 N–H and O–H groups in total. The van der Waals surface area contributed by atoms with Gasteiger partial charge in [0.25, 0.3) is 0 Å². The van der Waals surface area contributed by atoms with Crippen LogP contribution >= 0.6 is 0 Å². The molecule has 0 atom stereocenters. The SMILES string of the molecule is CC(=O)CC(C(C)=O)(c1ccccc1)c1ccccc1. The van der Waals surface area contributed by atoms with Crippen LogP contribution in [0.1, 0.15) is 31.4 Å². The summed E-state index contributed by atoms with van der Waals surface area (Å²) in [7, 11) is 0. The highest BCUT2D eigenvalue weighted by Gasteiger charge is 2.40. The van der Waals surface area contributed by atoms with E-state index in [4.69, 9.17) is 0 Å². The molecule has 0 aliphatic heterocycles. The third-order valence-corrected chi connectivity index (χ3v) is 3.65. The number of Topliss-reactive ketones (excluding diaryl/α,β-unsaturated/α-hetero) is 2. The molecule has 0 unspecified atom stereocenters. The highest BCUT2D eigenvalue weighted by Crippen LogP contribution is 2.36. The van der Waals surface area contributed by atoms with Crippen LogP contribution in [0.3, 0.4) is 0 Å². The second kappa shape index (κ2) is 5.83. The van der Waals surface area contributed by atoms with Gasteiger partial charge >= 0.3 is 0 Å². The normalized spacial score (nSPS) is 11.1. The first-order valence-corrected chi connectivity index (χ1v) is 6.69. The summed E-state index contributed by atoms with van der Waals surface area (Å²) in [6.45, 7) is 3.09. The van der Waals surface area contributed by atoms with E-state index in [0.717, 1.165) is 11.1 Å². The van der Waals surface area contributed by atoms with Crippen molar-refractivity contribution >= 4 is 11.6 Å². The van der Waals surface area contributed by atoms with Crippen LogP contribution in [0, 0.1) is 0 Å². The Morgan fingerprint density at radius 3 is 1.50 bits per heavy atom. The predicted molar refractivity (Wildman–Crippen MR) is 79.6 cm³/mol. The molecule has 0 amide bonds. The zero-order valence-corrected chi connectivity index (χ0v) is 11.8. The second-order valence-electron chi connectivity index (χ2n) is 5.07. The molecule has 0 saturated heterocycles. The number of carbonyl (C=O) groups is 2. The van der Waals surface area contributed by atoms with Gasteiger partial charge in [0, 0.05) is 6.42 Å². The molecule has 2 nitrogen and oxygen atoms in total. The number of ketones is 2. The van der Waals surface area contributed by atoms with Crippen molar-refractivity contribution in [1.29, 1.82) is 0 Å². The van der Waals surface area contributed by atoms with Crippen LogP contribution in [0.25, 0.3) is 0 Å². The van der Waals surface area contributed by atoms with Gasteiger partial charge in [0.2, 0.25) is 0 Å². The van der Waals surface area contributed by atoms with E-state index in [1.54, 1.807) is 6.92 Å². The maximum Gasteiger partial charge on any atom is 0.145 e. The summed E-state index contributed by atoms with van der Waals surface area (Å²) >= 11 is 0. The van der Waals surface area contributed by atoms with E-state index in [-0.39, 0.29) is 18.0 Å². The Hall–Kier alpha value is -2.22. The quantitative estimate of drug-likeness (QED) is 0.829. The van der Waals surface area contributed by atoms with Crippen LogP contribution in [-0.4, -0.2) is 11.6 Å². The van der Waals surface area contributed by atoms with Crippen LogP contribution < -0.4 is 0 Å². The summed E-state index contributed by atoms with van der Waals surface area (Å²) < 4.78 is 0. The minimum Gasteiger partial charge on any atom is -0.300 e. The molecule has 2 aromatic carbocycles. The molecule has 102 valence electrons. The Balaban J connectivity index is 2.69. The molecule has 0 fully saturated rings. The Morgan fingerprint density at radius 2 is 1.20 bits per heavy atom. The Labute approximate surface area is 119 Å². The van der Waals surface area contributed by atoms with Gasteiger partial charge in [0.15, 0.2) is 0 Å². The van der Waals surface area contributed by atoms with E-state index in [0.29, 0.717) is 0 Å². The molecular weight excluding hydrogens is 248 g/mol. The molecule has 0 heterocycles. The summed E-state index contributed by atoms with van der Waals surface area (Å²) in [6, 6.07) is 19.1.